The molecule has 1 heterocycles. The molecule has 66 valence electrons. The normalized spacial score (nSPS) is 40.9. The second kappa shape index (κ2) is 2.02. The Kier molecular flexibility index (Phi) is 1.59. The van der Waals surface area contributed by atoms with Crippen molar-refractivity contribution < 1.29 is 31.1 Å². The molecule has 1 rings (SSSR count). The summed E-state index contributed by atoms with van der Waals surface area (Å²) in [6.45, 7) is 0. The van der Waals surface area contributed by atoms with Gasteiger partial charge in [0.2, 0.25) is 12.3 Å². The summed E-state index contributed by atoms with van der Waals surface area (Å²) in [4.78, 5) is 0. The molecule has 2 atom stereocenters. The van der Waals surface area contributed by atoms with Crippen molar-refractivity contribution >= 4 is 0 Å². The fourth-order valence-corrected chi connectivity index (χ4v) is 0.635. The molecule has 0 aromatic heterocycles. The summed E-state index contributed by atoms with van der Waals surface area (Å²) in [5.74, 6) is 0. The van der Waals surface area contributed by atoms with Gasteiger partial charge in [0.25, 0.3) is 0 Å². The number of halogens is 6. The first-order valence-electron chi connectivity index (χ1n) is 2.51. The maximum Gasteiger partial charge on any atom is 0.394 e. The smallest absolute Gasteiger partial charge is 0.250 e. The fourth-order valence-electron chi connectivity index (χ4n) is 0.635. The van der Waals surface area contributed by atoms with Crippen LogP contribution in [0, 0.1) is 0 Å². The van der Waals surface area contributed by atoms with E-state index in [9.17, 15) is 26.3 Å². The van der Waals surface area contributed by atoms with Crippen LogP contribution in [0.4, 0.5) is 26.3 Å². The summed E-state index contributed by atoms with van der Waals surface area (Å²) in [5, 5.41) is 0. The van der Waals surface area contributed by atoms with Crippen LogP contribution in [0.25, 0.3) is 0 Å². The maximum absolute atomic E-state index is 11.9. The Morgan fingerprint density at radius 3 is 1.18 bits per heavy atom. The molecule has 0 N–H and O–H groups in total. The van der Waals surface area contributed by atoms with Crippen molar-refractivity contribution in [1.82, 2.24) is 0 Å². The Labute approximate surface area is 56.9 Å². The SMILES string of the molecule is F[C@H]1[C@H](F)C(F)(F)OC1(F)F. The van der Waals surface area contributed by atoms with E-state index in [0.717, 1.165) is 0 Å². The third kappa shape index (κ3) is 1.17. The van der Waals surface area contributed by atoms with Gasteiger partial charge in [-0.05, 0) is 0 Å². The number of rotatable bonds is 0. The number of hydrogen-bond acceptors (Lipinski definition) is 1. The monoisotopic (exact) mass is 180 g/mol. The van der Waals surface area contributed by atoms with Crippen LogP contribution in [0.1, 0.15) is 0 Å². The molecule has 1 nitrogen and oxygen atoms in total. The summed E-state index contributed by atoms with van der Waals surface area (Å²) >= 11 is 0. The third-order valence-electron chi connectivity index (χ3n) is 1.17. The molecule has 0 spiro atoms. The van der Waals surface area contributed by atoms with Gasteiger partial charge >= 0.3 is 12.2 Å². The van der Waals surface area contributed by atoms with Crippen LogP contribution >= 0.6 is 0 Å². The molecule has 1 aliphatic rings. The molecule has 1 fully saturated rings. The van der Waals surface area contributed by atoms with Crippen molar-refractivity contribution in [3.63, 3.8) is 0 Å². The van der Waals surface area contributed by atoms with Crippen LogP contribution in [0.5, 0.6) is 0 Å². The topological polar surface area (TPSA) is 9.23 Å². The lowest BCUT2D eigenvalue weighted by Gasteiger charge is -2.09. The van der Waals surface area contributed by atoms with E-state index in [1.807, 2.05) is 0 Å². The lowest BCUT2D eigenvalue weighted by atomic mass is 10.2. The number of hydrogen-bond donors (Lipinski definition) is 0. The average molecular weight is 180 g/mol. The van der Waals surface area contributed by atoms with Crippen molar-refractivity contribution in [3.05, 3.63) is 0 Å². The lowest BCUT2D eigenvalue weighted by molar-refractivity contribution is -0.341. The first-order valence-corrected chi connectivity index (χ1v) is 2.51. The second-order valence-electron chi connectivity index (χ2n) is 2.03. The van der Waals surface area contributed by atoms with Crippen LogP contribution < -0.4 is 0 Å². The molecule has 0 saturated carbocycles. The highest BCUT2D eigenvalue weighted by Gasteiger charge is 2.69. The van der Waals surface area contributed by atoms with Crippen molar-refractivity contribution in [2.45, 2.75) is 24.6 Å². The number of ether oxygens (including phenoxy) is 1. The number of alkyl halides is 6. The van der Waals surface area contributed by atoms with Gasteiger partial charge in [0.05, 0.1) is 0 Å². The Morgan fingerprint density at radius 1 is 0.818 bits per heavy atom. The highest BCUT2D eigenvalue weighted by atomic mass is 19.3. The van der Waals surface area contributed by atoms with Gasteiger partial charge in [0.15, 0.2) is 0 Å². The van der Waals surface area contributed by atoms with Gasteiger partial charge in [0.1, 0.15) is 0 Å². The molecule has 0 bridgehead atoms. The minimum atomic E-state index is -4.73. The first-order chi connectivity index (χ1) is 4.77. The average Bonchev–Trinajstić information content (AvgIpc) is 1.91. The summed E-state index contributed by atoms with van der Waals surface area (Å²) in [7, 11) is 0. The largest absolute Gasteiger partial charge is 0.394 e. The fraction of sp³-hybridized carbons (Fsp3) is 1.00. The summed E-state index contributed by atoms with van der Waals surface area (Å²) in [6.07, 6.45) is -16.7. The zero-order valence-corrected chi connectivity index (χ0v) is 4.83. The standard InChI is InChI=1S/C4H2F6O/c5-1-2(6)4(9,10)11-3(1,7)8/h1-2H/t1-,2-/m0/s1. The van der Waals surface area contributed by atoms with Crippen molar-refractivity contribution in [2.24, 2.45) is 0 Å². The molecule has 0 aromatic rings. The molecule has 0 aromatic carbocycles. The predicted octanol–water partition coefficient (Wildman–Crippen LogP) is 1.88. The zero-order valence-electron chi connectivity index (χ0n) is 4.83. The van der Waals surface area contributed by atoms with E-state index >= 15 is 0 Å². The molecular formula is C4H2F6O. The quantitative estimate of drug-likeness (QED) is 0.517. The Morgan fingerprint density at radius 2 is 1.09 bits per heavy atom. The van der Waals surface area contributed by atoms with Gasteiger partial charge in [0, 0.05) is 0 Å². The highest BCUT2D eigenvalue weighted by Crippen LogP contribution is 2.45. The molecule has 0 aliphatic carbocycles. The van der Waals surface area contributed by atoms with Gasteiger partial charge in [-0.25, -0.2) is 8.78 Å². The molecule has 1 aliphatic heterocycles. The Bertz CT molecular complexity index is 150. The molecule has 7 heteroatoms. The van der Waals surface area contributed by atoms with Gasteiger partial charge in [-0.1, -0.05) is 0 Å². The third-order valence-corrected chi connectivity index (χ3v) is 1.17. The van der Waals surface area contributed by atoms with Gasteiger partial charge in [-0.15, -0.1) is 0 Å². The Balaban J connectivity index is 2.86. The first kappa shape index (κ1) is 8.63. The maximum atomic E-state index is 11.9. The van der Waals surface area contributed by atoms with Crippen LogP contribution in [0.3, 0.4) is 0 Å². The van der Waals surface area contributed by atoms with Crippen LogP contribution in [-0.2, 0) is 4.74 Å². The van der Waals surface area contributed by atoms with Crippen LogP contribution in [0.15, 0.2) is 0 Å². The Hall–Kier alpha value is -0.460. The summed E-state index contributed by atoms with van der Waals surface area (Å²) in [6, 6.07) is 0. The van der Waals surface area contributed by atoms with Gasteiger partial charge in [-0.2, -0.15) is 17.6 Å². The van der Waals surface area contributed by atoms with Gasteiger partial charge < -0.3 is 0 Å². The molecule has 0 radical (unpaired) electrons. The second-order valence-corrected chi connectivity index (χ2v) is 2.03. The minimum Gasteiger partial charge on any atom is -0.250 e. The van der Waals surface area contributed by atoms with Crippen molar-refractivity contribution in [3.8, 4) is 0 Å². The molecule has 1 saturated heterocycles. The summed E-state index contributed by atoms with van der Waals surface area (Å²) < 4.78 is 73.3. The van der Waals surface area contributed by atoms with E-state index in [-0.39, 0.29) is 0 Å². The van der Waals surface area contributed by atoms with Crippen molar-refractivity contribution in [2.75, 3.05) is 0 Å². The van der Waals surface area contributed by atoms with E-state index in [0.29, 0.717) is 0 Å². The zero-order chi connectivity index (χ0) is 8.86. The van der Waals surface area contributed by atoms with E-state index in [1.165, 1.54) is 0 Å². The lowest BCUT2D eigenvalue weighted by Crippen LogP contribution is -2.30. The van der Waals surface area contributed by atoms with Crippen LogP contribution in [-0.4, -0.2) is 24.6 Å². The van der Waals surface area contributed by atoms with E-state index in [1.54, 1.807) is 0 Å². The highest BCUT2D eigenvalue weighted by molar-refractivity contribution is 4.90. The van der Waals surface area contributed by atoms with E-state index in [4.69, 9.17) is 0 Å². The minimum absolute atomic E-state index is 2.54. The molecule has 11 heavy (non-hydrogen) atoms. The van der Waals surface area contributed by atoms with Gasteiger partial charge in [-0.3, -0.25) is 4.74 Å². The van der Waals surface area contributed by atoms with E-state index in [2.05, 4.69) is 4.74 Å². The molecular weight excluding hydrogens is 178 g/mol. The molecule has 0 amide bonds. The summed E-state index contributed by atoms with van der Waals surface area (Å²) in [5.41, 5.74) is 0. The predicted molar refractivity (Wildman–Crippen MR) is 20.8 cm³/mol. The van der Waals surface area contributed by atoms with Crippen molar-refractivity contribution in [1.29, 1.82) is 0 Å². The van der Waals surface area contributed by atoms with E-state index < -0.39 is 24.6 Å². The van der Waals surface area contributed by atoms with Crippen LogP contribution in [0.2, 0.25) is 0 Å². The molecule has 0 unspecified atom stereocenters.